The number of carboxylic acid groups (broad SMARTS) is 1. The van der Waals surface area contributed by atoms with Gasteiger partial charge < -0.3 is 5.11 Å². The second-order valence-corrected chi connectivity index (χ2v) is 1.31. The highest BCUT2D eigenvalue weighted by Crippen LogP contribution is 1.79. The summed E-state index contributed by atoms with van der Waals surface area (Å²) in [4.78, 5) is 9.55. The van der Waals surface area contributed by atoms with Crippen molar-refractivity contribution in [2.45, 2.75) is 6.42 Å². The molecule has 0 aliphatic rings. The van der Waals surface area contributed by atoms with Crippen molar-refractivity contribution in [2.75, 3.05) is 5.75 Å². The van der Waals surface area contributed by atoms with Crippen LogP contribution < -0.4 is 0 Å². The largest absolute Gasteiger partial charge is 0.481 e. The monoisotopic (exact) mass is 134 g/mol. The van der Waals surface area contributed by atoms with Gasteiger partial charge in [-0.1, -0.05) is 0 Å². The summed E-state index contributed by atoms with van der Waals surface area (Å²) in [5.74, 6) is -0.361. The van der Waals surface area contributed by atoms with E-state index in [9.17, 15) is 4.79 Å². The van der Waals surface area contributed by atoms with Crippen LogP contribution >= 0.6 is 12.6 Å². The molecule has 46 valence electrons. The minimum Gasteiger partial charge on any atom is -0.481 e. The van der Waals surface area contributed by atoms with Crippen molar-refractivity contribution in [2.24, 2.45) is 0 Å². The zero-order valence-corrected chi connectivity index (χ0v) is 5.01. The predicted octanol–water partition coefficient (Wildman–Crippen LogP) is 0.421. The van der Waals surface area contributed by atoms with E-state index >= 15 is 0 Å². The molecule has 0 heterocycles. The molecule has 0 spiro atoms. The van der Waals surface area contributed by atoms with Gasteiger partial charge in [0.2, 0.25) is 0 Å². The van der Waals surface area contributed by atoms with E-state index in [1.807, 2.05) is 0 Å². The Morgan fingerprint density at radius 2 is 2.00 bits per heavy atom. The van der Waals surface area contributed by atoms with Crippen LogP contribution in [0.5, 0.6) is 0 Å². The molecule has 1 N–H and O–H groups in total. The third-order valence-corrected chi connectivity index (χ3v) is 0.549. The van der Waals surface area contributed by atoms with Crippen LogP contribution in [0.1, 0.15) is 6.42 Å². The van der Waals surface area contributed by atoms with Gasteiger partial charge >= 0.3 is 5.97 Å². The molecule has 8 heavy (non-hydrogen) atoms. The molecule has 0 rings (SSSR count). The van der Waals surface area contributed by atoms with Crippen molar-refractivity contribution in [1.29, 1.82) is 10.8 Å². The summed E-state index contributed by atoms with van der Waals surface area (Å²) in [5, 5.41) is 19.9. The van der Waals surface area contributed by atoms with Gasteiger partial charge in [-0.05, 0) is 0 Å². The fraction of sp³-hybridized carbons (Fsp3) is 0.667. The molecule has 0 amide bonds. The standard InChI is InChI=1S/C3H6O2S.N2/c4-3(5)1-2-6;1-2/h6H,1-2H2,(H,4,5);. The van der Waals surface area contributed by atoms with Crippen LogP contribution in [0.4, 0.5) is 0 Å². The normalized spacial score (nSPS) is 6.38. The highest BCUT2D eigenvalue weighted by molar-refractivity contribution is 7.80. The lowest BCUT2D eigenvalue weighted by Crippen LogP contribution is -1.93. The Hall–Kier alpha value is -0.760. The molecule has 0 aromatic heterocycles. The summed E-state index contributed by atoms with van der Waals surface area (Å²) in [7, 11) is 0. The molecule has 0 bridgehead atoms. The van der Waals surface area contributed by atoms with Gasteiger partial charge in [-0.3, -0.25) is 4.79 Å². The molecule has 5 heteroatoms. The number of hydrogen-bond donors (Lipinski definition) is 2. The van der Waals surface area contributed by atoms with Gasteiger partial charge in [0.25, 0.3) is 0 Å². The summed E-state index contributed by atoms with van der Waals surface area (Å²) >= 11 is 3.68. The number of carbonyl (C=O) groups is 1. The third kappa shape index (κ3) is 18.8. The van der Waals surface area contributed by atoms with E-state index in [1.165, 1.54) is 0 Å². The van der Waals surface area contributed by atoms with Crippen LogP contribution in [0.15, 0.2) is 0 Å². The molecule has 0 unspecified atom stereocenters. The van der Waals surface area contributed by atoms with E-state index in [0.717, 1.165) is 0 Å². The number of hydrogen-bond acceptors (Lipinski definition) is 4. The summed E-state index contributed by atoms with van der Waals surface area (Å²) in [6.45, 7) is 0. The van der Waals surface area contributed by atoms with Gasteiger partial charge in [0.1, 0.15) is 0 Å². The summed E-state index contributed by atoms with van der Waals surface area (Å²) < 4.78 is 0. The lowest BCUT2D eigenvalue weighted by atomic mass is 10.5. The molecule has 0 saturated carbocycles. The van der Waals surface area contributed by atoms with Crippen molar-refractivity contribution < 1.29 is 9.90 Å². The predicted molar refractivity (Wildman–Crippen MR) is 29.6 cm³/mol. The van der Waals surface area contributed by atoms with E-state index in [1.54, 1.807) is 0 Å². The molecule has 0 radical (unpaired) electrons. The second kappa shape index (κ2) is 9.53. The first-order chi connectivity index (χ1) is 3.77. The number of thiol groups is 1. The molecule has 0 fully saturated rings. The average Bonchev–Trinajstić information content (AvgIpc) is 1.72. The zero-order chi connectivity index (χ0) is 6.99. The van der Waals surface area contributed by atoms with Crippen molar-refractivity contribution >= 4 is 18.6 Å². The van der Waals surface area contributed by atoms with Crippen LogP contribution in [0.2, 0.25) is 0 Å². The lowest BCUT2D eigenvalue weighted by Gasteiger charge is -1.79. The highest BCUT2D eigenvalue weighted by Gasteiger charge is 1.88. The number of rotatable bonds is 2. The Kier molecular flexibility index (Phi) is 12.2. The maximum absolute atomic E-state index is 9.55. The smallest absolute Gasteiger partial charge is 0.304 e. The fourth-order valence-corrected chi connectivity index (χ4v) is 0.287. The Balaban J connectivity index is 0. The van der Waals surface area contributed by atoms with Gasteiger partial charge in [0.15, 0.2) is 0 Å². The molecule has 4 nitrogen and oxygen atoms in total. The van der Waals surface area contributed by atoms with Crippen LogP contribution in [0, 0.1) is 10.8 Å². The van der Waals surface area contributed by atoms with Gasteiger partial charge in [0, 0.05) is 16.5 Å². The maximum Gasteiger partial charge on any atom is 0.304 e. The topological polar surface area (TPSA) is 84.9 Å². The summed E-state index contributed by atoms with van der Waals surface area (Å²) in [5.41, 5.74) is 0. The van der Waals surface area contributed by atoms with Gasteiger partial charge in [0.05, 0.1) is 6.42 Å². The van der Waals surface area contributed by atoms with Gasteiger partial charge in [-0.2, -0.15) is 12.6 Å². The maximum atomic E-state index is 9.55. The first-order valence-electron chi connectivity index (χ1n) is 1.80. The van der Waals surface area contributed by atoms with Crippen molar-refractivity contribution in [3.05, 3.63) is 0 Å². The fourth-order valence-electron chi connectivity index (χ4n) is 0.0956. The molecule has 0 saturated heterocycles. The number of aliphatic carboxylic acids is 1. The molecule has 0 aliphatic heterocycles. The van der Waals surface area contributed by atoms with Gasteiger partial charge in [-0.15, -0.1) is 0 Å². The number of nitrogens with zero attached hydrogens (tertiary/aromatic N) is 2. The Morgan fingerprint density at radius 1 is 1.62 bits per heavy atom. The minimum atomic E-state index is -0.787. The van der Waals surface area contributed by atoms with E-state index in [-0.39, 0.29) is 6.42 Å². The SMILES string of the molecule is N#N.O=C(O)CCS. The van der Waals surface area contributed by atoms with Crippen molar-refractivity contribution in [3.8, 4) is 0 Å². The lowest BCUT2D eigenvalue weighted by molar-refractivity contribution is -0.136. The van der Waals surface area contributed by atoms with E-state index < -0.39 is 5.97 Å². The summed E-state index contributed by atoms with van der Waals surface area (Å²) in [6.07, 6.45) is 0.156. The molecule has 0 aromatic carbocycles. The van der Waals surface area contributed by atoms with E-state index in [4.69, 9.17) is 15.9 Å². The first kappa shape index (κ1) is 10.3. The van der Waals surface area contributed by atoms with Crippen LogP contribution in [0.3, 0.4) is 0 Å². The van der Waals surface area contributed by atoms with E-state index in [0.29, 0.717) is 5.75 Å². The highest BCUT2D eigenvalue weighted by atomic mass is 32.1. The molecule has 0 atom stereocenters. The minimum absolute atomic E-state index is 0.156. The molecule has 0 aromatic rings. The van der Waals surface area contributed by atoms with Crippen molar-refractivity contribution in [1.82, 2.24) is 0 Å². The summed E-state index contributed by atoms with van der Waals surface area (Å²) in [6, 6.07) is 0. The van der Waals surface area contributed by atoms with Crippen LogP contribution in [-0.4, -0.2) is 16.8 Å². The molecular weight excluding hydrogens is 128 g/mol. The van der Waals surface area contributed by atoms with Gasteiger partial charge in [-0.25, -0.2) is 0 Å². The van der Waals surface area contributed by atoms with Crippen molar-refractivity contribution in [3.63, 3.8) is 0 Å². The quantitative estimate of drug-likeness (QED) is 0.423. The second-order valence-electron chi connectivity index (χ2n) is 0.867. The number of carboxylic acids is 1. The Morgan fingerprint density at radius 3 is 2.00 bits per heavy atom. The third-order valence-electron chi connectivity index (χ3n) is 0.326. The van der Waals surface area contributed by atoms with Crippen LogP contribution in [0.25, 0.3) is 0 Å². The van der Waals surface area contributed by atoms with Crippen LogP contribution in [-0.2, 0) is 4.79 Å². The van der Waals surface area contributed by atoms with E-state index in [2.05, 4.69) is 12.6 Å². The zero-order valence-electron chi connectivity index (χ0n) is 4.11. The Labute approximate surface area is 52.3 Å². The average molecular weight is 134 g/mol. The first-order valence-corrected chi connectivity index (χ1v) is 2.43. The molecule has 0 aliphatic carbocycles. The molecular formula is C3H6N2O2S. The Bertz CT molecular complexity index is 82.6.